The van der Waals surface area contributed by atoms with Gasteiger partial charge in [-0.2, -0.15) is 5.26 Å². The Morgan fingerprint density at radius 2 is 1.79 bits per heavy atom. The van der Waals surface area contributed by atoms with Crippen molar-refractivity contribution < 1.29 is 22.7 Å². The summed E-state index contributed by atoms with van der Waals surface area (Å²) in [5.41, 5.74) is 1.78. The molecule has 0 bridgehead atoms. The zero-order chi connectivity index (χ0) is 21.0. The number of nitrogens with zero attached hydrogens (tertiary/aromatic N) is 1. The van der Waals surface area contributed by atoms with Crippen LogP contribution >= 0.6 is 0 Å². The molecule has 1 saturated heterocycles. The number of hydrogen-bond donors (Lipinski definition) is 1. The highest BCUT2D eigenvalue weighted by molar-refractivity contribution is 7.91. The van der Waals surface area contributed by atoms with Crippen molar-refractivity contribution in [2.45, 2.75) is 25.5 Å². The van der Waals surface area contributed by atoms with Crippen LogP contribution in [0.5, 0.6) is 0 Å². The van der Waals surface area contributed by atoms with E-state index in [2.05, 4.69) is 11.4 Å². The summed E-state index contributed by atoms with van der Waals surface area (Å²) in [6, 6.07) is 15.2. The highest BCUT2D eigenvalue weighted by Gasteiger charge is 2.31. The fourth-order valence-electron chi connectivity index (χ4n) is 3.22. The highest BCUT2D eigenvalue weighted by Crippen LogP contribution is 2.27. The van der Waals surface area contributed by atoms with E-state index < -0.39 is 33.9 Å². The van der Waals surface area contributed by atoms with E-state index in [0.29, 0.717) is 23.1 Å². The van der Waals surface area contributed by atoms with Crippen LogP contribution in [-0.4, -0.2) is 43.9 Å². The van der Waals surface area contributed by atoms with Gasteiger partial charge in [-0.3, -0.25) is 4.79 Å². The Labute approximate surface area is 169 Å². The third-order valence-corrected chi connectivity index (χ3v) is 6.48. The van der Waals surface area contributed by atoms with Gasteiger partial charge in [0.25, 0.3) is 5.91 Å². The van der Waals surface area contributed by atoms with E-state index in [-0.39, 0.29) is 17.1 Å². The molecule has 2 atom stereocenters. The van der Waals surface area contributed by atoms with Gasteiger partial charge in [0.15, 0.2) is 15.9 Å². The minimum Gasteiger partial charge on any atom is -0.449 e. The second-order valence-electron chi connectivity index (χ2n) is 6.86. The fourth-order valence-corrected chi connectivity index (χ4v) is 4.89. The Balaban J connectivity index is 1.74. The molecule has 7 nitrogen and oxygen atoms in total. The van der Waals surface area contributed by atoms with Crippen LogP contribution in [0, 0.1) is 11.3 Å². The zero-order valence-corrected chi connectivity index (χ0v) is 16.6. The molecule has 0 aromatic heterocycles. The molecule has 0 saturated carbocycles. The first-order chi connectivity index (χ1) is 13.8. The van der Waals surface area contributed by atoms with Crippen LogP contribution in [0.4, 0.5) is 0 Å². The van der Waals surface area contributed by atoms with Crippen LogP contribution in [0.1, 0.15) is 29.3 Å². The first-order valence-electron chi connectivity index (χ1n) is 9.11. The van der Waals surface area contributed by atoms with Crippen molar-refractivity contribution in [3.8, 4) is 17.2 Å². The van der Waals surface area contributed by atoms with Gasteiger partial charge in [0.1, 0.15) is 0 Å². The fraction of sp³-hybridized carbons (Fsp3) is 0.286. The number of esters is 1. The maximum Gasteiger partial charge on any atom is 0.339 e. The molecule has 0 aliphatic carbocycles. The van der Waals surface area contributed by atoms with E-state index in [1.807, 2.05) is 0 Å². The molecule has 1 aliphatic rings. The Hall–Kier alpha value is -3.18. The van der Waals surface area contributed by atoms with Gasteiger partial charge in [-0.15, -0.1) is 0 Å². The Kier molecular flexibility index (Phi) is 5.99. The number of ether oxygens (including phenoxy) is 1. The molecule has 3 rings (SSSR count). The lowest BCUT2D eigenvalue weighted by Crippen LogP contribution is -2.42. The van der Waals surface area contributed by atoms with Crippen LogP contribution in [0.2, 0.25) is 0 Å². The summed E-state index contributed by atoms with van der Waals surface area (Å²) < 4.78 is 28.4. The van der Waals surface area contributed by atoms with Crippen molar-refractivity contribution in [1.82, 2.24) is 5.32 Å². The topological polar surface area (TPSA) is 113 Å². The third-order valence-electron chi connectivity index (χ3n) is 4.72. The number of rotatable bonds is 5. The maximum absolute atomic E-state index is 12.7. The number of nitrogens with one attached hydrogen (secondary N) is 1. The molecule has 1 heterocycles. The van der Waals surface area contributed by atoms with Crippen molar-refractivity contribution in [3.05, 3.63) is 59.7 Å². The summed E-state index contributed by atoms with van der Waals surface area (Å²) in [6.07, 6.45) is -0.743. The molecular weight excluding hydrogens is 392 g/mol. The van der Waals surface area contributed by atoms with E-state index >= 15 is 0 Å². The van der Waals surface area contributed by atoms with E-state index in [9.17, 15) is 23.3 Å². The van der Waals surface area contributed by atoms with Crippen LogP contribution in [0.3, 0.4) is 0 Å². The van der Waals surface area contributed by atoms with Crippen LogP contribution in [0.15, 0.2) is 48.5 Å². The molecule has 150 valence electrons. The summed E-state index contributed by atoms with van der Waals surface area (Å²) in [6.45, 7) is 1.43. The monoisotopic (exact) mass is 412 g/mol. The first kappa shape index (κ1) is 20.6. The van der Waals surface area contributed by atoms with E-state index in [1.54, 1.807) is 48.5 Å². The lowest BCUT2D eigenvalue weighted by atomic mass is 9.96. The molecule has 1 aliphatic heterocycles. The molecule has 2 aromatic rings. The van der Waals surface area contributed by atoms with Crippen molar-refractivity contribution >= 4 is 21.7 Å². The molecule has 1 N–H and O–H groups in total. The molecule has 2 aromatic carbocycles. The van der Waals surface area contributed by atoms with Gasteiger partial charge >= 0.3 is 5.97 Å². The van der Waals surface area contributed by atoms with Gasteiger partial charge in [-0.25, -0.2) is 13.2 Å². The molecule has 8 heteroatoms. The molecular formula is C21H20N2O5S. The molecule has 0 unspecified atom stereocenters. The third kappa shape index (κ3) is 4.81. The number of carbonyl (C=O) groups is 2. The van der Waals surface area contributed by atoms with Crippen molar-refractivity contribution in [2.75, 3.05) is 11.5 Å². The van der Waals surface area contributed by atoms with Crippen LogP contribution < -0.4 is 5.32 Å². The van der Waals surface area contributed by atoms with Gasteiger partial charge < -0.3 is 10.1 Å². The van der Waals surface area contributed by atoms with E-state index in [1.165, 1.54) is 6.92 Å². The van der Waals surface area contributed by atoms with Crippen molar-refractivity contribution in [3.63, 3.8) is 0 Å². The number of sulfone groups is 1. The van der Waals surface area contributed by atoms with Crippen LogP contribution in [-0.2, 0) is 19.4 Å². The normalized spacial score (nSPS) is 18.4. The minimum atomic E-state index is -3.12. The summed E-state index contributed by atoms with van der Waals surface area (Å²) >= 11 is 0. The number of hydrogen-bond acceptors (Lipinski definition) is 6. The molecule has 0 spiro atoms. The number of amides is 1. The largest absolute Gasteiger partial charge is 0.449 e. The highest BCUT2D eigenvalue weighted by atomic mass is 32.2. The van der Waals surface area contributed by atoms with Gasteiger partial charge in [0.05, 0.1) is 28.7 Å². The zero-order valence-electron chi connectivity index (χ0n) is 15.8. The molecule has 1 amide bonds. The second-order valence-corrected chi connectivity index (χ2v) is 9.09. The van der Waals surface area contributed by atoms with E-state index in [4.69, 9.17) is 4.74 Å². The summed E-state index contributed by atoms with van der Waals surface area (Å²) in [4.78, 5) is 25.0. The number of benzene rings is 2. The van der Waals surface area contributed by atoms with Gasteiger partial charge in [-0.05, 0) is 31.0 Å². The standard InChI is InChI=1S/C21H20N2O5S/c1-14(20(24)23-16-10-11-29(26,27)13-16)28-21(25)19-9-5-4-8-18(19)17-7-3-2-6-15(17)12-22/h2-9,14,16H,10-11,13H2,1H3,(H,23,24)/t14-,16-/m0/s1. The summed E-state index contributed by atoms with van der Waals surface area (Å²) in [5, 5.41) is 12.0. The minimum absolute atomic E-state index is 0.0395. The van der Waals surface area contributed by atoms with Gasteiger partial charge in [-0.1, -0.05) is 36.4 Å². The Morgan fingerprint density at radius 3 is 2.45 bits per heavy atom. The Bertz CT molecular complexity index is 1090. The SMILES string of the molecule is C[C@H](OC(=O)c1ccccc1-c1ccccc1C#N)C(=O)N[C@H]1CCS(=O)(=O)C1. The predicted octanol–water partition coefficient (Wildman–Crippen LogP) is 2.07. The van der Waals surface area contributed by atoms with E-state index in [0.717, 1.165) is 0 Å². The predicted molar refractivity (Wildman–Crippen MR) is 107 cm³/mol. The summed E-state index contributed by atoms with van der Waals surface area (Å²) in [5.74, 6) is -1.31. The van der Waals surface area contributed by atoms with Crippen LogP contribution in [0.25, 0.3) is 11.1 Å². The lowest BCUT2D eigenvalue weighted by molar-refractivity contribution is -0.129. The van der Waals surface area contributed by atoms with Gasteiger partial charge in [0.2, 0.25) is 0 Å². The second kappa shape index (κ2) is 8.45. The molecule has 0 radical (unpaired) electrons. The number of carbonyl (C=O) groups excluding carboxylic acids is 2. The average molecular weight is 412 g/mol. The van der Waals surface area contributed by atoms with Crippen molar-refractivity contribution in [1.29, 1.82) is 5.26 Å². The van der Waals surface area contributed by atoms with Gasteiger partial charge in [0, 0.05) is 11.6 Å². The maximum atomic E-state index is 12.7. The smallest absolute Gasteiger partial charge is 0.339 e. The summed E-state index contributed by atoms with van der Waals surface area (Å²) in [7, 11) is -3.12. The lowest BCUT2D eigenvalue weighted by Gasteiger charge is -2.17. The molecule has 1 fully saturated rings. The molecule has 29 heavy (non-hydrogen) atoms. The Morgan fingerprint density at radius 1 is 1.14 bits per heavy atom. The van der Waals surface area contributed by atoms with Crippen molar-refractivity contribution in [2.24, 2.45) is 0 Å². The quantitative estimate of drug-likeness (QED) is 0.752. The number of nitriles is 1. The first-order valence-corrected chi connectivity index (χ1v) is 10.9. The average Bonchev–Trinajstić information content (AvgIpc) is 3.05.